The monoisotopic (exact) mass is 343 g/mol. The molecule has 0 radical (unpaired) electrons. The van der Waals surface area contributed by atoms with Crippen molar-refractivity contribution in [3.05, 3.63) is 62.8 Å². The molecule has 0 saturated heterocycles. The summed E-state index contributed by atoms with van der Waals surface area (Å²) >= 11 is 8.95. The molecular weight excluding hydrogens is 333 g/mol. The highest BCUT2D eigenvalue weighted by molar-refractivity contribution is 9.10. The number of hydrogen-bond donors (Lipinski definition) is 1. The summed E-state index contributed by atoms with van der Waals surface area (Å²) in [5.41, 5.74) is 7.57. The van der Waals surface area contributed by atoms with Gasteiger partial charge in [0.2, 0.25) is 0 Å². The van der Waals surface area contributed by atoms with Gasteiger partial charge in [0, 0.05) is 12.6 Å². The summed E-state index contributed by atoms with van der Waals surface area (Å²) in [6.07, 6.45) is 0. The van der Waals surface area contributed by atoms with Gasteiger partial charge in [-0.25, -0.2) is 4.39 Å². The second-order valence-electron chi connectivity index (χ2n) is 4.01. The van der Waals surface area contributed by atoms with Crippen LogP contribution in [-0.2, 0) is 13.2 Å². The highest BCUT2D eigenvalue weighted by Gasteiger charge is 2.08. The van der Waals surface area contributed by atoms with E-state index in [1.807, 2.05) is 24.3 Å². The zero-order chi connectivity index (χ0) is 13.8. The summed E-state index contributed by atoms with van der Waals surface area (Å²) in [5, 5.41) is 0.0616. The van der Waals surface area contributed by atoms with Crippen molar-refractivity contribution in [2.45, 2.75) is 13.2 Å². The number of halogens is 3. The van der Waals surface area contributed by atoms with E-state index >= 15 is 0 Å². The molecule has 0 aliphatic rings. The Morgan fingerprint density at radius 1 is 1.16 bits per heavy atom. The van der Waals surface area contributed by atoms with Crippen LogP contribution >= 0.6 is 27.5 Å². The lowest BCUT2D eigenvalue weighted by atomic mass is 10.1. The third kappa shape index (κ3) is 3.69. The van der Waals surface area contributed by atoms with E-state index < -0.39 is 5.82 Å². The second kappa shape index (κ2) is 6.37. The molecule has 2 aromatic carbocycles. The van der Waals surface area contributed by atoms with Crippen LogP contribution in [0.3, 0.4) is 0 Å². The van der Waals surface area contributed by atoms with Gasteiger partial charge in [0.15, 0.2) is 0 Å². The molecule has 2 aromatic rings. The summed E-state index contributed by atoms with van der Waals surface area (Å²) in [6, 6.07) is 10.5. The quantitative estimate of drug-likeness (QED) is 0.840. The lowest BCUT2D eigenvalue weighted by Gasteiger charge is -2.09. The van der Waals surface area contributed by atoms with Crippen LogP contribution in [-0.4, -0.2) is 0 Å². The predicted molar refractivity (Wildman–Crippen MR) is 77.8 cm³/mol. The molecule has 2 N–H and O–H groups in total. The minimum atomic E-state index is -0.502. The number of rotatable bonds is 4. The summed E-state index contributed by atoms with van der Waals surface area (Å²) < 4.78 is 19.5. The SMILES string of the molecule is NCc1ccc(COc2cc(F)c(Cl)cc2Br)cc1. The Balaban J connectivity index is 2.07. The van der Waals surface area contributed by atoms with E-state index in [9.17, 15) is 4.39 Å². The Labute approximate surface area is 124 Å². The number of nitrogens with two attached hydrogens (primary N) is 1. The Hall–Kier alpha value is -1.10. The van der Waals surface area contributed by atoms with Gasteiger partial charge in [-0.15, -0.1) is 0 Å². The van der Waals surface area contributed by atoms with E-state index in [0.717, 1.165) is 11.1 Å². The lowest BCUT2D eigenvalue weighted by molar-refractivity contribution is 0.302. The molecule has 0 atom stereocenters. The summed E-state index contributed by atoms with van der Waals surface area (Å²) in [7, 11) is 0. The molecule has 0 bridgehead atoms. The van der Waals surface area contributed by atoms with Crippen molar-refractivity contribution in [2.24, 2.45) is 5.73 Å². The fourth-order valence-corrected chi connectivity index (χ4v) is 2.30. The zero-order valence-electron chi connectivity index (χ0n) is 10.00. The molecule has 100 valence electrons. The molecule has 0 heterocycles. The number of ether oxygens (including phenoxy) is 1. The van der Waals surface area contributed by atoms with Crippen LogP contribution in [0.1, 0.15) is 11.1 Å². The molecule has 0 aromatic heterocycles. The molecule has 0 spiro atoms. The van der Waals surface area contributed by atoms with Crippen LogP contribution in [0.4, 0.5) is 4.39 Å². The van der Waals surface area contributed by atoms with Gasteiger partial charge < -0.3 is 10.5 Å². The normalized spacial score (nSPS) is 10.5. The van der Waals surface area contributed by atoms with Crippen LogP contribution in [0.15, 0.2) is 40.9 Å². The van der Waals surface area contributed by atoms with Gasteiger partial charge in [-0.1, -0.05) is 35.9 Å². The molecule has 0 fully saturated rings. The minimum absolute atomic E-state index is 0.0616. The topological polar surface area (TPSA) is 35.2 Å². The highest BCUT2D eigenvalue weighted by atomic mass is 79.9. The molecule has 19 heavy (non-hydrogen) atoms. The molecule has 2 rings (SSSR count). The molecule has 0 aliphatic carbocycles. The maximum atomic E-state index is 13.3. The van der Waals surface area contributed by atoms with Gasteiger partial charge in [0.1, 0.15) is 18.2 Å². The number of benzene rings is 2. The smallest absolute Gasteiger partial charge is 0.145 e. The fourth-order valence-electron chi connectivity index (χ4n) is 1.55. The molecule has 5 heteroatoms. The van der Waals surface area contributed by atoms with Crippen LogP contribution in [0, 0.1) is 5.82 Å². The van der Waals surface area contributed by atoms with Crippen LogP contribution in [0.2, 0.25) is 5.02 Å². The van der Waals surface area contributed by atoms with E-state index in [-0.39, 0.29) is 5.02 Å². The Morgan fingerprint density at radius 3 is 2.42 bits per heavy atom. The first-order valence-electron chi connectivity index (χ1n) is 5.65. The maximum Gasteiger partial charge on any atom is 0.145 e. The van der Waals surface area contributed by atoms with Gasteiger partial charge in [0.25, 0.3) is 0 Å². The first kappa shape index (κ1) is 14.3. The van der Waals surface area contributed by atoms with Gasteiger partial charge >= 0.3 is 0 Å². The van der Waals surface area contributed by atoms with Crippen molar-refractivity contribution < 1.29 is 9.13 Å². The Morgan fingerprint density at radius 2 is 1.79 bits per heavy atom. The third-order valence-electron chi connectivity index (χ3n) is 2.63. The average Bonchev–Trinajstić information content (AvgIpc) is 2.42. The lowest BCUT2D eigenvalue weighted by Crippen LogP contribution is -1.99. The molecule has 0 unspecified atom stereocenters. The van der Waals surface area contributed by atoms with E-state index in [2.05, 4.69) is 15.9 Å². The van der Waals surface area contributed by atoms with E-state index in [1.165, 1.54) is 12.1 Å². The van der Waals surface area contributed by atoms with E-state index in [0.29, 0.717) is 23.4 Å². The van der Waals surface area contributed by atoms with E-state index in [4.69, 9.17) is 22.1 Å². The molecule has 0 saturated carbocycles. The van der Waals surface area contributed by atoms with Crippen molar-refractivity contribution in [3.63, 3.8) is 0 Å². The largest absolute Gasteiger partial charge is 0.488 e. The van der Waals surface area contributed by atoms with Crippen LogP contribution in [0.25, 0.3) is 0 Å². The van der Waals surface area contributed by atoms with Gasteiger partial charge in [-0.2, -0.15) is 0 Å². The summed E-state index contributed by atoms with van der Waals surface area (Å²) in [4.78, 5) is 0. The Bertz CT molecular complexity index is 574. The first-order valence-corrected chi connectivity index (χ1v) is 6.82. The third-order valence-corrected chi connectivity index (χ3v) is 3.54. The average molecular weight is 345 g/mol. The van der Waals surface area contributed by atoms with Gasteiger partial charge in [-0.3, -0.25) is 0 Å². The predicted octanol–water partition coefficient (Wildman–Crippen LogP) is 4.28. The zero-order valence-corrected chi connectivity index (χ0v) is 12.3. The van der Waals surface area contributed by atoms with Crippen molar-refractivity contribution in [1.82, 2.24) is 0 Å². The minimum Gasteiger partial charge on any atom is -0.488 e. The van der Waals surface area contributed by atoms with Crippen molar-refractivity contribution >= 4 is 27.5 Å². The van der Waals surface area contributed by atoms with Gasteiger partial charge in [-0.05, 0) is 33.1 Å². The molecular formula is C14H12BrClFNO. The second-order valence-corrected chi connectivity index (χ2v) is 5.27. The van der Waals surface area contributed by atoms with Crippen molar-refractivity contribution in [3.8, 4) is 5.75 Å². The van der Waals surface area contributed by atoms with Crippen LogP contribution < -0.4 is 10.5 Å². The van der Waals surface area contributed by atoms with Crippen LogP contribution in [0.5, 0.6) is 5.75 Å². The maximum absolute atomic E-state index is 13.3. The fraction of sp³-hybridized carbons (Fsp3) is 0.143. The molecule has 2 nitrogen and oxygen atoms in total. The molecule has 0 aliphatic heterocycles. The van der Waals surface area contributed by atoms with E-state index in [1.54, 1.807) is 0 Å². The van der Waals surface area contributed by atoms with Gasteiger partial charge in [0.05, 0.1) is 9.50 Å². The first-order chi connectivity index (χ1) is 9.10. The summed E-state index contributed by atoms with van der Waals surface area (Å²) in [5.74, 6) is -0.0804. The highest BCUT2D eigenvalue weighted by Crippen LogP contribution is 2.31. The Kier molecular flexibility index (Phi) is 4.80. The molecule has 0 amide bonds. The summed E-state index contributed by atoms with van der Waals surface area (Å²) in [6.45, 7) is 0.861. The van der Waals surface area contributed by atoms with Crippen molar-refractivity contribution in [2.75, 3.05) is 0 Å². The number of hydrogen-bond acceptors (Lipinski definition) is 2. The standard InChI is InChI=1S/C14H12BrClFNO/c15-11-5-12(16)13(17)6-14(11)19-8-10-3-1-9(7-18)2-4-10/h1-6H,7-8,18H2. The van der Waals surface area contributed by atoms with Crippen molar-refractivity contribution in [1.29, 1.82) is 0 Å².